The highest BCUT2D eigenvalue weighted by Crippen LogP contribution is 2.22. The first-order valence-corrected chi connectivity index (χ1v) is 7.54. The smallest absolute Gasteiger partial charge is 0.235 e. The van der Waals surface area contributed by atoms with Gasteiger partial charge in [-0.05, 0) is 49.9 Å². The van der Waals surface area contributed by atoms with Crippen LogP contribution in [0.25, 0.3) is 5.65 Å². The van der Waals surface area contributed by atoms with Crippen molar-refractivity contribution in [3.05, 3.63) is 24.4 Å². The summed E-state index contributed by atoms with van der Waals surface area (Å²) in [4.78, 5) is 12.2. The van der Waals surface area contributed by atoms with Crippen LogP contribution in [0, 0.1) is 11.8 Å². The van der Waals surface area contributed by atoms with E-state index in [9.17, 15) is 4.79 Å². The normalized spacial score (nSPS) is 20.3. The molecular weight excluding hydrogens is 266 g/mol. The van der Waals surface area contributed by atoms with Gasteiger partial charge in [-0.1, -0.05) is 13.0 Å². The standard InChI is InChI=1S/C15H21N5O/c1-11(12-5-4-7-16-10-12)9-14(21)17-15-19-18-13-6-2-3-8-20(13)15/h2-3,6,8,11-12,16H,4-5,7,9-10H2,1H3,(H,17,19,21). The van der Waals surface area contributed by atoms with Crippen molar-refractivity contribution >= 4 is 17.5 Å². The molecule has 2 N–H and O–H groups in total. The zero-order valence-electron chi connectivity index (χ0n) is 12.2. The van der Waals surface area contributed by atoms with E-state index in [2.05, 4.69) is 27.8 Å². The minimum atomic E-state index is 0.00577. The molecule has 6 nitrogen and oxygen atoms in total. The fourth-order valence-electron chi connectivity index (χ4n) is 2.93. The Morgan fingerprint density at radius 2 is 2.43 bits per heavy atom. The minimum absolute atomic E-state index is 0.00577. The quantitative estimate of drug-likeness (QED) is 0.897. The Morgan fingerprint density at radius 1 is 1.52 bits per heavy atom. The van der Waals surface area contributed by atoms with Crippen LogP contribution in [0.15, 0.2) is 24.4 Å². The van der Waals surface area contributed by atoms with Crippen LogP contribution in [-0.4, -0.2) is 33.6 Å². The Labute approximate surface area is 123 Å². The van der Waals surface area contributed by atoms with Gasteiger partial charge in [0.2, 0.25) is 11.9 Å². The molecule has 0 spiro atoms. The molecular formula is C15H21N5O. The van der Waals surface area contributed by atoms with Crippen molar-refractivity contribution in [1.82, 2.24) is 19.9 Å². The van der Waals surface area contributed by atoms with Crippen molar-refractivity contribution in [2.45, 2.75) is 26.2 Å². The lowest BCUT2D eigenvalue weighted by atomic mass is 9.85. The van der Waals surface area contributed by atoms with E-state index >= 15 is 0 Å². The second-order valence-corrected chi connectivity index (χ2v) is 5.79. The molecule has 2 atom stereocenters. The van der Waals surface area contributed by atoms with Crippen molar-refractivity contribution in [3.63, 3.8) is 0 Å². The van der Waals surface area contributed by atoms with Crippen molar-refractivity contribution in [3.8, 4) is 0 Å². The number of rotatable bonds is 4. The number of nitrogens with one attached hydrogen (secondary N) is 2. The summed E-state index contributed by atoms with van der Waals surface area (Å²) in [5, 5.41) is 14.3. The summed E-state index contributed by atoms with van der Waals surface area (Å²) in [6.07, 6.45) is 4.77. The number of fused-ring (bicyclic) bond motifs is 1. The number of nitrogens with zero attached hydrogens (tertiary/aromatic N) is 3. The van der Waals surface area contributed by atoms with Gasteiger partial charge in [0, 0.05) is 12.6 Å². The first-order valence-electron chi connectivity index (χ1n) is 7.54. The third-order valence-corrected chi connectivity index (χ3v) is 4.21. The molecule has 3 rings (SSSR count). The number of aromatic nitrogens is 3. The predicted molar refractivity (Wildman–Crippen MR) is 81.0 cm³/mol. The average molecular weight is 287 g/mol. The fourth-order valence-corrected chi connectivity index (χ4v) is 2.93. The van der Waals surface area contributed by atoms with Gasteiger partial charge in [-0.2, -0.15) is 0 Å². The first kappa shape index (κ1) is 14.0. The predicted octanol–water partition coefficient (Wildman–Crippen LogP) is 1.69. The van der Waals surface area contributed by atoms with E-state index in [0.29, 0.717) is 24.2 Å². The average Bonchev–Trinajstić information content (AvgIpc) is 2.91. The summed E-state index contributed by atoms with van der Waals surface area (Å²) >= 11 is 0. The summed E-state index contributed by atoms with van der Waals surface area (Å²) < 4.78 is 1.78. The van der Waals surface area contributed by atoms with E-state index < -0.39 is 0 Å². The molecule has 1 amide bonds. The molecule has 2 unspecified atom stereocenters. The minimum Gasteiger partial charge on any atom is -0.316 e. The van der Waals surface area contributed by atoms with Gasteiger partial charge in [0.25, 0.3) is 0 Å². The molecule has 1 saturated heterocycles. The number of pyridine rings is 1. The van der Waals surface area contributed by atoms with Gasteiger partial charge in [0.1, 0.15) is 0 Å². The number of amides is 1. The molecule has 1 fully saturated rings. The van der Waals surface area contributed by atoms with Gasteiger partial charge in [-0.25, -0.2) is 0 Å². The Bertz CT molecular complexity index is 617. The molecule has 2 aromatic heterocycles. The van der Waals surface area contributed by atoms with Gasteiger partial charge in [-0.3, -0.25) is 14.5 Å². The van der Waals surface area contributed by atoms with Crippen LogP contribution in [0.2, 0.25) is 0 Å². The maximum absolute atomic E-state index is 12.2. The van der Waals surface area contributed by atoms with Crippen LogP contribution in [0.3, 0.4) is 0 Å². The Hall–Kier alpha value is -1.95. The second kappa shape index (κ2) is 6.22. The number of hydrogen-bond donors (Lipinski definition) is 2. The van der Waals surface area contributed by atoms with Gasteiger partial charge in [0.15, 0.2) is 5.65 Å². The molecule has 0 bridgehead atoms. The lowest BCUT2D eigenvalue weighted by Gasteiger charge is -2.27. The van der Waals surface area contributed by atoms with Gasteiger partial charge in [-0.15, -0.1) is 10.2 Å². The maximum Gasteiger partial charge on any atom is 0.235 e. The summed E-state index contributed by atoms with van der Waals surface area (Å²) in [7, 11) is 0. The Morgan fingerprint density at radius 3 is 3.24 bits per heavy atom. The number of hydrogen-bond acceptors (Lipinski definition) is 4. The molecule has 1 aliphatic heterocycles. The summed E-state index contributed by atoms with van der Waals surface area (Å²) in [6, 6.07) is 5.65. The van der Waals surface area contributed by atoms with Crippen LogP contribution < -0.4 is 10.6 Å². The monoisotopic (exact) mass is 287 g/mol. The highest BCUT2D eigenvalue weighted by molar-refractivity contribution is 5.89. The van der Waals surface area contributed by atoms with Crippen LogP contribution in [-0.2, 0) is 4.79 Å². The van der Waals surface area contributed by atoms with Crippen LogP contribution in [0.5, 0.6) is 0 Å². The third kappa shape index (κ3) is 3.21. The molecule has 0 saturated carbocycles. The van der Waals surface area contributed by atoms with E-state index in [1.165, 1.54) is 12.8 Å². The number of carbonyl (C=O) groups excluding carboxylic acids is 1. The molecule has 21 heavy (non-hydrogen) atoms. The van der Waals surface area contributed by atoms with E-state index in [4.69, 9.17) is 0 Å². The number of piperidine rings is 1. The highest BCUT2D eigenvalue weighted by Gasteiger charge is 2.22. The fraction of sp³-hybridized carbons (Fsp3) is 0.533. The summed E-state index contributed by atoms with van der Waals surface area (Å²) in [5.74, 6) is 1.45. The lowest BCUT2D eigenvalue weighted by molar-refractivity contribution is -0.117. The van der Waals surface area contributed by atoms with Crippen molar-refractivity contribution < 1.29 is 4.79 Å². The lowest BCUT2D eigenvalue weighted by Crippen LogP contribution is -2.34. The molecule has 3 heterocycles. The molecule has 0 aliphatic carbocycles. The van der Waals surface area contributed by atoms with Crippen LogP contribution in [0.1, 0.15) is 26.2 Å². The second-order valence-electron chi connectivity index (χ2n) is 5.79. The topological polar surface area (TPSA) is 71.3 Å². The number of anilines is 1. The molecule has 0 radical (unpaired) electrons. The molecule has 0 aromatic carbocycles. The van der Waals surface area contributed by atoms with Crippen molar-refractivity contribution in [1.29, 1.82) is 0 Å². The largest absolute Gasteiger partial charge is 0.316 e. The Balaban J connectivity index is 1.61. The van der Waals surface area contributed by atoms with E-state index in [1.54, 1.807) is 4.40 Å². The summed E-state index contributed by atoms with van der Waals surface area (Å²) in [6.45, 7) is 4.27. The molecule has 1 aliphatic rings. The maximum atomic E-state index is 12.2. The van der Waals surface area contributed by atoms with E-state index in [-0.39, 0.29) is 5.91 Å². The van der Waals surface area contributed by atoms with Gasteiger partial charge >= 0.3 is 0 Å². The molecule has 6 heteroatoms. The van der Waals surface area contributed by atoms with Crippen molar-refractivity contribution in [2.24, 2.45) is 11.8 Å². The zero-order valence-corrected chi connectivity index (χ0v) is 12.2. The SMILES string of the molecule is CC(CC(=O)Nc1nnc2ccccn12)C1CCCNC1. The summed E-state index contributed by atoms with van der Waals surface area (Å²) in [5.41, 5.74) is 0.734. The van der Waals surface area contributed by atoms with Gasteiger partial charge < -0.3 is 5.32 Å². The highest BCUT2D eigenvalue weighted by atomic mass is 16.1. The first-order chi connectivity index (χ1) is 10.2. The van der Waals surface area contributed by atoms with Crippen LogP contribution >= 0.6 is 0 Å². The molecule has 112 valence electrons. The van der Waals surface area contributed by atoms with Gasteiger partial charge in [0.05, 0.1) is 0 Å². The van der Waals surface area contributed by atoms with E-state index in [1.807, 2.05) is 24.4 Å². The van der Waals surface area contributed by atoms with Crippen molar-refractivity contribution in [2.75, 3.05) is 18.4 Å². The Kier molecular flexibility index (Phi) is 4.15. The number of carbonyl (C=O) groups is 1. The van der Waals surface area contributed by atoms with E-state index in [0.717, 1.165) is 18.7 Å². The molecule has 2 aromatic rings. The zero-order chi connectivity index (χ0) is 14.7. The van der Waals surface area contributed by atoms with Crippen LogP contribution in [0.4, 0.5) is 5.95 Å². The third-order valence-electron chi connectivity index (χ3n) is 4.21.